The van der Waals surface area contributed by atoms with Crippen molar-refractivity contribution in [3.63, 3.8) is 0 Å². The Balaban J connectivity index is 1.30. The van der Waals surface area contributed by atoms with Gasteiger partial charge < -0.3 is 18.9 Å². The normalized spacial score (nSPS) is 18.4. The molecule has 166 valence electrons. The fourth-order valence-corrected chi connectivity index (χ4v) is 4.16. The molecule has 2 aromatic carbocycles. The van der Waals surface area contributed by atoms with Crippen molar-refractivity contribution in [3.05, 3.63) is 59.8 Å². The van der Waals surface area contributed by atoms with Crippen molar-refractivity contribution >= 4 is 28.6 Å². The Kier molecular flexibility index (Phi) is 5.01. The fraction of sp³-hybridized carbons (Fsp3) is 0.318. The summed E-state index contributed by atoms with van der Waals surface area (Å²) in [4.78, 5) is 27.4. The summed E-state index contributed by atoms with van der Waals surface area (Å²) in [7, 11) is 0. The minimum Gasteiger partial charge on any atom is -0.398 e. The maximum Gasteiger partial charge on any atom is 0.421 e. The first-order chi connectivity index (χ1) is 15.4. The Morgan fingerprint density at radius 1 is 0.969 bits per heavy atom. The number of ether oxygens (including phenoxy) is 2. The van der Waals surface area contributed by atoms with Crippen LogP contribution in [0.25, 0.3) is 11.0 Å². The zero-order valence-corrected chi connectivity index (χ0v) is 16.9. The molecule has 2 fully saturated rings. The van der Waals surface area contributed by atoms with Crippen LogP contribution < -0.4 is 4.90 Å². The molecule has 0 radical (unpaired) electrons. The molecule has 0 N–H and O–H groups in total. The third kappa shape index (κ3) is 3.66. The molecule has 1 spiro atoms. The second-order valence-corrected chi connectivity index (χ2v) is 7.75. The van der Waals surface area contributed by atoms with Gasteiger partial charge in [0, 0.05) is 36.8 Å². The first kappa shape index (κ1) is 20.4. The molecule has 3 heterocycles. The van der Waals surface area contributed by atoms with Gasteiger partial charge in [-0.05, 0) is 49.2 Å². The molecule has 0 aliphatic carbocycles. The Morgan fingerprint density at radius 2 is 1.69 bits per heavy atom. The lowest BCUT2D eigenvalue weighted by molar-refractivity contribution is -0.250. The van der Waals surface area contributed by atoms with Gasteiger partial charge in [0.05, 0.1) is 5.69 Å². The van der Waals surface area contributed by atoms with Gasteiger partial charge in [0.2, 0.25) is 0 Å². The predicted molar refractivity (Wildman–Crippen MR) is 107 cm³/mol. The molecule has 0 amide bonds. The van der Waals surface area contributed by atoms with Crippen molar-refractivity contribution < 1.29 is 32.4 Å². The van der Waals surface area contributed by atoms with Crippen LogP contribution in [0.5, 0.6) is 0 Å². The maximum atomic E-state index is 13.3. The molecule has 1 aromatic heterocycles. The van der Waals surface area contributed by atoms with Crippen LogP contribution in [0.1, 0.15) is 12.1 Å². The summed E-state index contributed by atoms with van der Waals surface area (Å²) in [6.07, 6.45) is 1.14. The van der Waals surface area contributed by atoms with Crippen LogP contribution in [0.3, 0.4) is 0 Å². The van der Waals surface area contributed by atoms with E-state index in [4.69, 9.17) is 14.0 Å². The number of halogens is 2. The molecule has 2 saturated heterocycles. The van der Waals surface area contributed by atoms with Gasteiger partial charge in [-0.1, -0.05) is 5.16 Å². The van der Waals surface area contributed by atoms with Crippen molar-refractivity contribution in [3.8, 4) is 0 Å². The molecule has 2 aliphatic rings. The number of nitrogens with zero attached hydrogens (tertiary/aromatic N) is 3. The van der Waals surface area contributed by atoms with Gasteiger partial charge in [-0.15, -0.1) is 0 Å². The lowest BCUT2D eigenvalue weighted by Gasteiger charge is -2.45. The number of piperazine rings is 1. The van der Waals surface area contributed by atoms with Crippen LogP contribution >= 0.6 is 0 Å². The molecule has 8 nitrogen and oxygen atoms in total. The fourth-order valence-electron chi connectivity index (χ4n) is 4.16. The Morgan fingerprint density at radius 3 is 2.44 bits per heavy atom. The number of esters is 2. The van der Waals surface area contributed by atoms with E-state index >= 15 is 0 Å². The van der Waals surface area contributed by atoms with Crippen LogP contribution in [0.4, 0.5) is 14.5 Å². The minimum atomic E-state index is -1.55. The smallest absolute Gasteiger partial charge is 0.398 e. The van der Waals surface area contributed by atoms with Gasteiger partial charge in [0.25, 0.3) is 0 Å². The molecular weight excluding hydrogens is 424 g/mol. The monoisotopic (exact) mass is 443 g/mol. The summed E-state index contributed by atoms with van der Waals surface area (Å²) in [5, 5.41) is 4.76. The molecule has 32 heavy (non-hydrogen) atoms. The first-order valence-corrected chi connectivity index (χ1v) is 10.2. The number of hydrogen-bond acceptors (Lipinski definition) is 8. The number of benzene rings is 2. The van der Waals surface area contributed by atoms with E-state index in [1.165, 1.54) is 24.3 Å². The molecule has 2 aliphatic heterocycles. The van der Waals surface area contributed by atoms with Crippen molar-refractivity contribution in [1.29, 1.82) is 0 Å². The van der Waals surface area contributed by atoms with Crippen molar-refractivity contribution in [2.75, 3.05) is 31.1 Å². The van der Waals surface area contributed by atoms with Gasteiger partial charge >= 0.3 is 17.8 Å². The highest BCUT2D eigenvalue weighted by atomic mass is 19.1. The average molecular weight is 443 g/mol. The van der Waals surface area contributed by atoms with Crippen molar-refractivity contribution in [1.82, 2.24) is 10.1 Å². The summed E-state index contributed by atoms with van der Waals surface area (Å²) in [6.45, 7) is 1.56. The molecule has 3 aromatic rings. The SMILES string of the molecule is O=C1OC2(CN(c3ccc(F)cc3)CCN2CCCc2noc3cc(F)ccc23)OC1=O. The van der Waals surface area contributed by atoms with Crippen LogP contribution in [0.15, 0.2) is 47.0 Å². The molecule has 10 heteroatoms. The Hall–Kier alpha value is -3.53. The van der Waals surface area contributed by atoms with Crippen molar-refractivity contribution in [2.45, 2.75) is 18.8 Å². The highest BCUT2D eigenvalue weighted by molar-refractivity contribution is 6.31. The molecule has 0 atom stereocenters. The number of hydrogen-bond donors (Lipinski definition) is 0. The van der Waals surface area contributed by atoms with Gasteiger partial charge in [0.15, 0.2) is 5.58 Å². The standard InChI is InChI=1S/C22H19F2N3O5/c23-14-3-6-16(7-4-14)26-10-11-27(22(13-26)30-20(28)21(29)31-22)9-1-2-18-17-8-5-15(24)12-19(17)32-25-18/h3-8,12H,1-2,9-11,13H2. The summed E-state index contributed by atoms with van der Waals surface area (Å²) < 4.78 is 42.6. The van der Waals surface area contributed by atoms with Crippen LogP contribution in [-0.4, -0.2) is 54.1 Å². The summed E-state index contributed by atoms with van der Waals surface area (Å²) in [5.41, 5.74) is 1.80. The van der Waals surface area contributed by atoms with Crippen molar-refractivity contribution in [2.24, 2.45) is 0 Å². The summed E-state index contributed by atoms with van der Waals surface area (Å²) >= 11 is 0. The van der Waals surface area contributed by atoms with E-state index in [1.54, 1.807) is 23.1 Å². The molecule has 0 unspecified atom stereocenters. The Bertz CT molecular complexity index is 1160. The number of anilines is 1. The van der Waals surface area contributed by atoms with Crippen LogP contribution in [-0.2, 0) is 25.5 Å². The predicted octanol–water partition coefficient (Wildman–Crippen LogP) is 2.61. The number of rotatable bonds is 5. The molecular formula is C22H19F2N3O5. The number of carbonyl (C=O) groups is 2. The quantitative estimate of drug-likeness (QED) is 0.440. The zero-order chi connectivity index (χ0) is 22.3. The second-order valence-electron chi connectivity index (χ2n) is 7.75. The second kappa shape index (κ2) is 7.86. The van der Waals surface area contributed by atoms with E-state index in [-0.39, 0.29) is 12.4 Å². The molecule has 0 saturated carbocycles. The average Bonchev–Trinajstić information content (AvgIpc) is 3.29. The van der Waals surface area contributed by atoms with E-state index in [0.29, 0.717) is 43.8 Å². The third-order valence-electron chi connectivity index (χ3n) is 5.73. The third-order valence-corrected chi connectivity index (χ3v) is 5.73. The van der Waals surface area contributed by atoms with E-state index < -0.39 is 23.7 Å². The lowest BCUT2D eigenvalue weighted by Crippen LogP contribution is -2.63. The number of aryl methyl sites for hydroxylation is 1. The van der Waals surface area contributed by atoms with E-state index in [2.05, 4.69) is 5.16 Å². The van der Waals surface area contributed by atoms with E-state index in [9.17, 15) is 18.4 Å². The first-order valence-electron chi connectivity index (χ1n) is 10.2. The summed E-state index contributed by atoms with van der Waals surface area (Å²) in [6, 6.07) is 10.2. The Labute approximate surface area is 181 Å². The van der Waals surface area contributed by atoms with Gasteiger partial charge in [-0.2, -0.15) is 0 Å². The molecule has 5 rings (SSSR count). The maximum absolute atomic E-state index is 13.3. The lowest BCUT2D eigenvalue weighted by atomic mass is 10.1. The number of carbonyl (C=O) groups excluding carboxylic acids is 2. The molecule has 0 bridgehead atoms. The highest BCUT2D eigenvalue weighted by Crippen LogP contribution is 2.33. The van der Waals surface area contributed by atoms with E-state index in [0.717, 1.165) is 11.1 Å². The summed E-state index contributed by atoms with van der Waals surface area (Å²) in [5.74, 6) is -4.38. The van der Waals surface area contributed by atoms with Gasteiger partial charge in [-0.3, -0.25) is 0 Å². The largest absolute Gasteiger partial charge is 0.421 e. The van der Waals surface area contributed by atoms with E-state index in [1.807, 2.05) is 4.90 Å². The number of fused-ring (bicyclic) bond motifs is 1. The van der Waals surface area contributed by atoms with Gasteiger partial charge in [0.1, 0.15) is 18.2 Å². The topological polar surface area (TPSA) is 85.1 Å². The zero-order valence-electron chi connectivity index (χ0n) is 16.9. The minimum absolute atomic E-state index is 0.0995. The highest BCUT2D eigenvalue weighted by Gasteiger charge is 2.55. The van der Waals surface area contributed by atoms with Crippen LogP contribution in [0, 0.1) is 11.6 Å². The van der Waals surface area contributed by atoms with Crippen LogP contribution in [0.2, 0.25) is 0 Å². The van der Waals surface area contributed by atoms with Gasteiger partial charge in [-0.25, -0.2) is 23.3 Å². The number of aromatic nitrogens is 1.